The number of amides is 1. The fraction of sp³-hybridized carbons (Fsp3) is 0.138. The van der Waals surface area contributed by atoms with Crippen LogP contribution in [0, 0.1) is 0 Å². The van der Waals surface area contributed by atoms with Gasteiger partial charge < -0.3 is 14.5 Å². The Morgan fingerprint density at radius 3 is 2.72 bits per heavy atom. The number of benzene rings is 3. The van der Waals surface area contributed by atoms with Gasteiger partial charge in [0.25, 0.3) is 5.91 Å². The van der Waals surface area contributed by atoms with Crippen molar-refractivity contribution in [3.63, 3.8) is 0 Å². The van der Waals surface area contributed by atoms with Crippen LogP contribution in [-0.4, -0.2) is 21.8 Å². The molecule has 1 aliphatic heterocycles. The topological polar surface area (TPSA) is 86.4 Å². The van der Waals surface area contributed by atoms with Gasteiger partial charge in [-0.2, -0.15) is 5.10 Å². The van der Waals surface area contributed by atoms with Crippen LogP contribution in [-0.2, 0) is 13.0 Å². The molecule has 0 spiro atoms. The third-order valence-electron chi connectivity index (χ3n) is 6.31. The van der Waals surface area contributed by atoms with Crippen LogP contribution >= 0.6 is 0 Å². The van der Waals surface area contributed by atoms with Gasteiger partial charge in [-0.15, -0.1) is 0 Å². The molecule has 1 amide bonds. The lowest BCUT2D eigenvalue weighted by atomic mass is 10.0. The van der Waals surface area contributed by atoms with E-state index in [9.17, 15) is 9.59 Å². The maximum atomic E-state index is 13.0. The van der Waals surface area contributed by atoms with Gasteiger partial charge in [-0.05, 0) is 55.0 Å². The monoisotopic (exact) mass is 477 g/mol. The third kappa shape index (κ3) is 4.05. The third-order valence-corrected chi connectivity index (χ3v) is 6.31. The second-order valence-electron chi connectivity index (χ2n) is 8.91. The number of para-hydroxylation sites is 2. The minimum absolute atomic E-state index is 0.0330. The second-order valence-corrected chi connectivity index (χ2v) is 8.91. The van der Waals surface area contributed by atoms with Gasteiger partial charge in [0.15, 0.2) is 0 Å². The molecular formula is C29H23N3O4. The number of ether oxygens (including phenoxy) is 1. The molecule has 3 aromatic carbocycles. The van der Waals surface area contributed by atoms with Crippen LogP contribution < -0.4 is 15.7 Å². The number of rotatable bonds is 5. The Morgan fingerprint density at radius 1 is 1.06 bits per heavy atom. The van der Waals surface area contributed by atoms with E-state index >= 15 is 0 Å². The molecule has 7 heteroatoms. The average Bonchev–Trinajstić information content (AvgIpc) is 3.49. The van der Waals surface area contributed by atoms with Crippen LogP contribution in [0.1, 0.15) is 28.4 Å². The van der Waals surface area contributed by atoms with Gasteiger partial charge in [-0.25, -0.2) is 9.48 Å². The van der Waals surface area contributed by atoms with E-state index < -0.39 is 11.5 Å². The van der Waals surface area contributed by atoms with E-state index in [0.29, 0.717) is 11.0 Å². The standard InChI is InChI=1S/C29H23N3O4/c1-18-13-21-14-20(11-12-26(21)35-18)27-22(17-32(31-27)23-8-3-2-4-9-23)16-30-28(33)24-15-19-7-5-6-10-25(19)36-29(24)34/h2-12,14-15,17-18H,13,16H2,1H3,(H,30,33). The van der Waals surface area contributed by atoms with Gasteiger partial charge in [0.1, 0.15) is 23.0 Å². The second kappa shape index (κ2) is 8.85. The molecule has 6 rings (SSSR count). The molecule has 0 radical (unpaired) electrons. The fourth-order valence-corrected chi connectivity index (χ4v) is 4.56. The van der Waals surface area contributed by atoms with Crippen molar-refractivity contribution in [3.05, 3.63) is 112 Å². The highest BCUT2D eigenvalue weighted by atomic mass is 16.5. The number of hydrogen-bond donors (Lipinski definition) is 1. The maximum absolute atomic E-state index is 13.0. The molecule has 1 atom stereocenters. The van der Waals surface area contributed by atoms with Crippen molar-refractivity contribution in [2.75, 3.05) is 0 Å². The van der Waals surface area contributed by atoms with Gasteiger partial charge in [0.2, 0.25) is 0 Å². The maximum Gasteiger partial charge on any atom is 0.349 e. The van der Waals surface area contributed by atoms with Crippen molar-refractivity contribution in [3.8, 4) is 22.7 Å². The molecule has 0 aliphatic carbocycles. The number of nitrogens with zero attached hydrogens (tertiary/aromatic N) is 2. The summed E-state index contributed by atoms with van der Waals surface area (Å²) in [6.45, 7) is 2.24. The predicted molar refractivity (Wildman–Crippen MR) is 136 cm³/mol. The van der Waals surface area contributed by atoms with E-state index in [1.54, 1.807) is 28.9 Å². The first-order valence-electron chi connectivity index (χ1n) is 11.8. The van der Waals surface area contributed by atoms with E-state index in [4.69, 9.17) is 14.3 Å². The van der Waals surface area contributed by atoms with Crippen LogP contribution in [0.2, 0.25) is 0 Å². The zero-order chi connectivity index (χ0) is 24.6. The molecule has 0 saturated heterocycles. The summed E-state index contributed by atoms with van der Waals surface area (Å²) in [5.41, 5.74) is 4.31. The molecule has 7 nitrogen and oxygen atoms in total. The fourth-order valence-electron chi connectivity index (χ4n) is 4.56. The summed E-state index contributed by atoms with van der Waals surface area (Å²) < 4.78 is 13.0. The first kappa shape index (κ1) is 21.9. The van der Waals surface area contributed by atoms with Crippen molar-refractivity contribution in [1.82, 2.24) is 15.1 Å². The Balaban J connectivity index is 1.33. The summed E-state index contributed by atoms with van der Waals surface area (Å²) in [7, 11) is 0. The summed E-state index contributed by atoms with van der Waals surface area (Å²) in [5, 5.41) is 8.42. The molecule has 36 heavy (non-hydrogen) atoms. The highest BCUT2D eigenvalue weighted by molar-refractivity contribution is 5.96. The van der Waals surface area contributed by atoms with Crippen LogP contribution in [0.3, 0.4) is 0 Å². The molecule has 1 unspecified atom stereocenters. The van der Waals surface area contributed by atoms with Gasteiger partial charge >= 0.3 is 5.63 Å². The lowest BCUT2D eigenvalue weighted by Gasteiger charge is -2.07. The normalized spacial score (nSPS) is 14.4. The van der Waals surface area contributed by atoms with Crippen molar-refractivity contribution in [2.45, 2.75) is 26.0 Å². The van der Waals surface area contributed by atoms with Crippen LogP contribution in [0.5, 0.6) is 5.75 Å². The highest BCUT2D eigenvalue weighted by Gasteiger charge is 2.22. The van der Waals surface area contributed by atoms with Gasteiger partial charge in [-0.1, -0.05) is 36.4 Å². The Morgan fingerprint density at radius 2 is 1.86 bits per heavy atom. The molecule has 0 fully saturated rings. The molecular weight excluding hydrogens is 454 g/mol. The highest BCUT2D eigenvalue weighted by Crippen LogP contribution is 2.33. The average molecular weight is 478 g/mol. The summed E-state index contributed by atoms with van der Waals surface area (Å²) >= 11 is 0. The lowest BCUT2D eigenvalue weighted by molar-refractivity contribution is 0.0947. The largest absolute Gasteiger partial charge is 0.490 e. The molecule has 2 aromatic heterocycles. The van der Waals surface area contributed by atoms with Crippen LogP contribution in [0.25, 0.3) is 27.9 Å². The molecule has 178 valence electrons. The van der Waals surface area contributed by atoms with Crippen LogP contribution in [0.4, 0.5) is 0 Å². The predicted octanol–water partition coefficient (Wildman–Crippen LogP) is 4.90. The zero-order valence-corrected chi connectivity index (χ0v) is 19.6. The smallest absolute Gasteiger partial charge is 0.349 e. The molecule has 1 N–H and O–H groups in total. The molecule has 0 bridgehead atoms. The van der Waals surface area contributed by atoms with Crippen molar-refractivity contribution in [2.24, 2.45) is 0 Å². The zero-order valence-electron chi connectivity index (χ0n) is 19.6. The number of nitrogens with one attached hydrogen (secondary N) is 1. The molecule has 3 heterocycles. The van der Waals surface area contributed by atoms with Gasteiger partial charge in [-0.3, -0.25) is 4.79 Å². The van der Waals surface area contributed by atoms with Crippen molar-refractivity contribution >= 4 is 16.9 Å². The Bertz CT molecular complexity index is 1650. The van der Waals surface area contributed by atoms with E-state index in [-0.39, 0.29) is 18.2 Å². The summed E-state index contributed by atoms with van der Waals surface area (Å²) in [4.78, 5) is 25.4. The van der Waals surface area contributed by atoms with Crippen LogP contribution in [0.15, 0.2) is 94.3 Å². The first-order chi connectivity index (χ1) is 17.5. The SMILES string of the molecule is CC1Cc2cc(-c3nn(-c4ccccc4)cc3CNC(=O)c3cc4ccccc4oc3=O)ccc2O1. The summed E-state index contributed by atoms with van der Waals surface area (Å²) in [5.74, 6) is 0.399. The van der Waals surface area contributed by atoms with E-state index in [2.05, 4.69) is 11.4 Å². The molecule has 5 aromatic rings. The van der Waals surface area contributed by atoms with E-state index in [1.807, 2.05) is 61.7 Å². The van der Waals surface area contributed by atoms with Gasteiger partial charge in [0.05, 0.1) is 11.4 Å². The minimum Gasteiger partial charge on any atom is -0.490 e. The summed E-state index contributed by atoms with van der Waals surface area (Å²) in [6.07, 6.45) is 2.89. The number of hydrogen-bond acceptors (Lipinski definition) is 5. The quantitative estimate of drug-likeness (QED) is 0.364. The van der Waals surface area contributed by atoms with Crippen molar-refractivity contribution in [1.29, 1.82) is 0 Å². The molecule has 0 saturated carbocycles. The number of fused-ring (bicyclic) bond motifs is 2. The minimum atomic E-state index is -0.667. The van der Waals surface area contributed by atoms with E-state index in [1.165, 1.54) is 0 Å². The van der Waals surface area contributed by atoms with E-state index in [0.717, 1.165) is 40.2 Å². The Kier molecular flexibility index (Phi) is 5.37. The Hall–Kier alpha value is -4.65. The number of carbonyl (C=O) groups excluding carboxylic acids is 1. The van der Waals surface area contributed by atoms with Crippen molar-refractivity contribution < 1.29 is 13.9 Å². The first-order valence-corrected chi connectivity index (χ1v) is 11.8. The summed E-state index contributed by atoms with van der Waals surface area (Å²) in [6, 6.07) is 24.5. The van der Waals surface area contributed by atoms with Gasteiger partial charge in [0, 0.05) is 35.7 Å². The Labute approximate surface area is 207 Å². The number of carbonyl (C=O) groups is 1. The lowest BCUT2D eigenvalue weighted by Crippen LogP contribution is -2.27. The molecule has 1 aliphatic rings. The number of aromatic nitrogens is 2.